The van der Waals surface area contributed by atoms with Crippen LogP contribution in [0.3, 0.4) is 0 Å². The fourth-order valence-corrected chi connectivity index (χ4v) is 2.01. The van der Waals surface area contributed by atoms with Crippen LogP contribution in [-0.4, -0.2) is 16.3 Å². The van der Waals surface area contributed by atoms with Crippen LogP contribution in [0, 0.1) is 0 Å². The van der Waals surface area contributed by atoms with Crippen molar-refractivity contribution >= 4 is 0 Å². The van der Waals surface area contributed by atoms with E-state index in [4.69, 9.17) is 0 Å². The quantitative estimate of drug-likeness (QED) is 0.749. The Labute approximate surface area is 79.1 Å². The van der Waals surface area contributed by atoms with Crippen LogP contribution in [0.25, 0.3) is 0 Å². The molecule has 3 nitrogen and oxygen atoms in total. The topological polar surface area (TPSA) is 29.9 Å². The first kappa shape index (κ1) is 8.75. The van der Waals surface area contributed by atoms with E-state index in [9.17, 15) is 0 Å². The summed E-state index contributed by atoms with van der Waals surface area (Å²) in [6.45, 7) is 4.26. The van der Waals surface area contributed by atoms with Crippen LogP contribution >= 0.6 is 0 Å². The lowest BCUT2D eigenvalue weighted by molar-refractivity contribution is 0.388. The zero-order valence-electron chi connectivity index (χ0n) is 8.16. The van der Waals surface area contributed by atoms with E-state index in [2.05, 4.69) is 28.1 Å². The molecule has 2 heterocycles. The van der Waals surface area contributed by atoms with Gasteiger partial charge in [-0.1, -0.05) is 6.42 Å². The van der Waals surface area contributed by atoms with E-state index in [-0.39, 0.29) is 0 Å². The van der Waals surface area contributed by atoms with Gasteiger partial charge in [0.1, 0.15) is 0 Å². The van der Waals surface area contributed by atoms with Gasteiger partial charge < -0.3 is 5.32 Å². The first-order chi connectivity index (χ1) is 6.42. The highest BCUT2D eigenvalue weighted by atomic mass is 15.3. The number of piperidine rings is 1. The lowest BCUT2D eigenvalue weighted by atomic mass is 10.0. The summed E-state index contributed by atoms with van der Waals surface area (Å²) in [6, 6.07) is 2.67. The van der Waals surface area contributed by atoms with Crippen LogP contribution < -0.4 is 5.32 Å². The molecule has 0 saturated carbocycles. The van der Waals surface area contributed by atoms with Crippen LogP contribution in [0.5, 0.6) is 0 Å². The third-order valence-electron chi connectivity index (χ3n) is 2.72. The molecule has 72 valence electrons. The van der Waals surface area contributed by atoms with Crippen molar-refractivity contribution in [2.45, 2.75) is 38.8 Å². The Bertz CT molecular complexity index is 261. The molecule has 0 spiro atoms. The van der Waals surface area contributed by atoms with Crippen molar-refractivity contribution in [1.82, 2.24) is 15.1 Å². The lowest BCUT2D eigenvalue weighted by Crippen LogP contribution is -2.28. The maximum Gasteiger partial charge on any atom is 0.0553 e. The Kier molecular flexibility index (Phi) is 2.64. The van der Waals surface area contributed by atoms with E-state index in [1.54, 1.807) is 0 Å². The van der Waals surface area contributed by atoms with Crippen LogP contribution in [-0.2, 0) is 6.54 Å². The van der Waals surface area contributed by atoms with Crippen LogP contribution in [0.4, 0.5) is 0 Å². The summed E-state index contributed by atoms with van der Waals surface area (Å²) in [7, 11) is 0. The SMILES string of the molecule is CCn1nccc1C1CCCCN1. The average Bonchev–Trinajstić information content (AvgIpc) is 2.67. The molecule has 1 atom stereocenters. The van der Waals surface area contributed by atoms with Crippen molar-refractivity contribution in [2.24, 2.45) is 0 Å². The van der Waals surface area contributed by atoms with Gasteiger partial charge >= 0.3 is 0 Å². The van der Waals surface area contributed by atoms with E-state index < -0.39 is 0 Å². The molecule has 3 heteroatoms. The van der Waals surface area contributed by atoms with Gasteiger partial charge in [-0.25, -0.2) is 0 Å². The summed E-state index contributed by atoms with van der Waals surface area (Å²) < 4.78 is 2.09. The maximum atomic E-state index is 4.29. The molecule has 0 aliphatic carbocycles. The first-order valence-corrected chi connectivity index (χ1v) is 5.17. The molecule has 13 heavy (non-hydrogen) atoms. The lowest BCUT2D eigenvalue weighted by Gasteiger charge is -2.23. The second kappa shape index (κ2) is 3.92. The predicted octanol–water partition coefficient (Wildman–Crippen LogP) is 1.72. The van der Waals surface area contributed by atoms with Crippen molar-refractivity contribution in [2.75, 3.05) is 6.54 Å². The predicted molar refractivity (Wildman–Crippen MR) is 52.5 cm³/mol. The van der Waals surface area contributed by atoms with Gasteiger partial charge in [0, 0.05) is 18.8 Å². The van der Waals surface area contributed by atoms with Crippen LogP contribution in [0.2, 0.25) is 0 Å². The Hall–Kier alpha value is -0.830. The van der Waals surface area contributed by atoms with E-state index in [1.807, 2.05) is 6.20 Å². The Morgan fingerprint density at radius 2 is 2.54 bits per heavy atom. The summed E-state index contributed by atoms with van der Waals surface area (Å²) in [4.78, 5) is 0. The number of hydrogen-bond acceptors (Lipinski definition) is 2. The molecular weight excluding hydrogens is 162 g/mol. The molecule has 1 aromatic rings. The molecular formula is C10H17N3. The molecule has 1 saturated heterocycles. The van der Waals surface area contributed by atoms with E-state index >= 15 is 0 Å². The number of nitrogens with one attached hydrogen (secondary N) is 1. The molecule has 0 radical (unpaired) electrons. The van der Waals surface area contributed by atoms with Gasteiger partial charge in [0.15, 0.2) is 0 Å². The van der Waals surface area contributed by atoms with E-state index in [1.165, 1.54) is 25.0 Å². The van der Waals surface area contributed by atoms with E-state index in [0.717, 1.165) is 13.1 Å². The number of aromatic nitrogens is 2. The van der Waals surface area contributed by atoms with Crippen molar-refractivity contribution < 1.29 is 0 Å². The van der Waals surface area contributed by atoms with Gasteiger partial charge in [-0.05, 0) is 32.4 Å². The molecule has 0 aromatic carbocycles. The number of hydrogen-bond donors (Lipinski definition) is 1. The van der Waals surface area contributed by atoms with Gasteiger partial charge in [-0.3, -0.25) is 4.68 Å². The van der Waals surface area contributed by atoms with E-state index in [0.29, 0.717) is 6.04 Å². The second-order valence-electron chi connectivity index (χ2n) is 3.57. The molecule has 1 unspecified atom stereocenters. The zero-order chi connectivity index (χ0) is 9.10. The fraction of sp³-hybridized carbons (Fsp3) is 0.700. The molecule has 0 amide bonds. The summed E-state index contributed by atoms with van der Waals surface area (Å²) in [5.41, 5.74) is 1.35. The average molecular weight is 179 g/mol. The summed E-state index contributed by atoms with van der Waals surface area (Å²) in [6.07, 6.45) is 5.81. The monoisotopic (exact) mass is 179 g/mol. The van der Waals surface area contributed by atoms with Gasteiger partial charge in [0.2, 0.25) is 0 Å². The van der Waals surface area contributed by atoms with Crippen molar-refractivity contribution in [3.63, 3.8) is 0 Å². The van der Waals surface area contributed by atoms with Crippen molar-refractivity contribution in [3.05, 3.63) is 18.0 Å². The third-order valence-corrected chi connectivity index (χ3v) is 2.72. The number of aryl methyl sites for hydroxylation is 1. The maximum absolute atomic E-state index is 4.29. The van der Waals surface area contributed by atoms with Gasteiger partial charge in [0.25, 0.3) is 0 Å². The van der Waals surface area contributed by atoms with Crippen LogP contribution in [0.1, 0.15) is 37.9 Å². The molecule has 0 bridgehead atoms. The summed E-state index contributed by atoms with van der Waals surface area (Å²) in [5.74, 6) is 0. The molecule has 1 aromatic heterocycles. The molecule has 2 rings (SSSR count). The minimum Gasteiger partial charge on any atom is -0.309 e. The second-order valence-corrected chi connectivity index (χ2v) is 3.57. The molecule has 1 aliphatic rings. The third kappa shape index (κ3) is 1.75. The smallest absolute Gasteiger partial charge is 0.0553 e. The Morgan fingerprint density at radius 1 is 1.62 bits per heavy atom. The largest absolute Gasteiger partial charge is 0.309 e. The minimum absolute atomic E-state index is 0.538. The zero-order valence-corrected chi connectivity index (χ0v) is 8.16. The summed E-state index contributed by atoms with van der Waals surface area (Å²) in [5, 5.41) is 7.82. The fourth-order valence-electron chi connectivity index (χ4n) is 2.01. The normalized spacial score (nSPS) is 23.3. The van der Waals surface area contributed by atoms with Crippen molar-refractivity contribution in [3.8, 4) is 0 Å². The van der Waals surface area contributed by atoms with Gasteiger partial charge in [-0.2, -0.15) is 5.10 Å². The Balaban J connectivity index is 2.13. The highest BCUT2D eigenvalue weighted by Crippen LogP contribution is 2.22. The minimum atomic E-state index is 0.538. The highest BCUT2D eigenvalue weighted by Gasteiger charge is 2.17. The number of nitrogens with zero attached hydrogens (tertiary/aromatic N) is 2. The summed E-state index contributed by atoms with van der Waals surface area (Å²) >= 11 is 0. The first-order valence-electron chi connectivity index (χ1n) is 5.17. The molecule has 1 fully saturated rings. The van der Waals surface area contributed by atoms with Crippen LogP contribution in [0.15, 0.2) is 12.3 Å². The molecule has 1 N–H and O–H groups in total. The number of rotatable bonds is 2. The molecule has 1 aliphatic heterocycles. The standard InChI is InChI=1S/C10H17N3/c1-2-13-10(6-8-12-13)9-5-3-4-7-11-9/h6,8-9,11H,2-5,7H2,1H3. The van der Waals surface area contributed by atoms with Gasteiger partial charge in [-0.15, -0.1) is 0 Å². The van der Waals surface area contributed by atoms with Crippen molar-refractivity contribution in [1.29, 1.82) is 0 Å². The van der Waals surface area contributed by atoms with Gasteiger partial charge in [0.05, 0.1) is 5.69 Å². The highest BCUT2D eigenvalue weighted by molar-refractivity contribution is 5.07. The Morgan fingerprint density at radius 3 is 3.23 bits per heavy atom.